The number of carbonyl (C=O) groups is 3. The van der Waals surface area contributed by atoms with Gasteiger partial charge in [-0.05, 0) is 56.7 Å². The second kappa shape index (κ2) is 7.93. The normalized spacial score (nSPS) is 27.8. The lowest BCUT2D eigenvalue weighted by atomic mass is 9.94. The summed E-state index contributed by atoms with van der Waals surface area (Å²) in [7, 11) is 0. The lowest BCUT2D eigenvalue weighted by Gasteiger charge is -2.40. The Balaban J connectivity index is 1.49. The molecule has 2 fully saturated rings. The van der Waals surface area contributed by atoms with Gasteiger partial charge < -0.3 is 20.4 Å². The van der Waals surface area contributed by atoms with Gasteiger partial charge in [0, 0.05) is 38.2 Å². The molecule has 0 radical (unpaired) electrons. The highest BCUT2D eigenvalue weighted by atomic mass is 16.2. The summed E-state index contributed by atoms with van der Waals surface area (Å²) in [6.45, 7) is 7.97. The van der Waals surface area contributed by atoms with Crippen LogP contribution in [0.2, 0.25) is 0 Å². The van der Waals surface area contributed by atoms with Crippen LogP contribution < -0.4 is 10.6 Å². The maximum atomic E-state index is 13.1. The molecular formula is C23H32N4O3. The van der Waals surface area contributed by atoms with Gasteiger partial charge in [0.15, 0.2) is 0 Å². The van der Waals surface area contributed by atoms with E-state index in [0.717, 1.165) is 37.2 Å². The standard InChI is InChI=1S/C23H32N4O3/c1-15-6-7-18-19(13-15)24-23(25-21(18)29)9-8-20(28)27(12-10-23)17(3)22(30)26-11-4-5-16(2)14-26/h6-7,13,16-17,24H,4-5,8-12,14H2,1-3H3,(H,25,29)/t16-,17+,23-/m1/s1. The van der Waals surface area contributed by atoms with Crippen LogP contribution in [0.5, 0.6) is 0 Å². The Hall–Kier alpha value is -2.57. The summed E-state index contributed by atoms with van der Waals surface area (Å²) in [5, 5.41) is 6.60. The fourth-order valence-electron chi connectivity index (χ4n) is 5.00. The van der Waals surface area contributed by atoms with Crippen molar-refractivity contribution in [3.8, 4) is 0 Å². The van der Waals surface area contributed by atoms with Crippen molar-refractivity contribution in [2.45, 2.75) is 64.6 Å². The van der Waals surface area contributed by atoms with Gasteiger partial charge in [0.25, 0.3) is 5.91 Å². The number of amides is 3. The van der Waals surface area contributed by atoms with Gasteiger partial charge in [-0.1, -0.05) is 13.0 Å². The van der Waals surface area contributed by atoms with Crippen molar-refractivity contribution < 1.29 is 14.4 Å². The Morgan fingerprint density at radius 3 is 2.77 bits per heavy atom. The lowest BCUT2D eigenvalue weighted by molar-refractivity contribution is -0.145. The van der Waals surface area contributed by atoms with Crippen molar-refractivity contribution in [2.75, 3.05) is 25.0 Å². The number of anilines is 1. The van der Waals surface area contributed by atoms with Gasteiger partial charge in [-0.25, -0.2) is 0 Å². The first-order chi connectivity index (χ1) is 14.3. The number of nitrogens with zero attached hydrogens (tertiary/aromatic N) is 2. The first kappa shape index (κ1) is 20.7. The average Bonchev–Trinajstić information content (AvgIpc) is 2.86. The van der Waals surface area contributed by atoms with Gasteiger partial charge in [-0.2, -0.15) is 0 Å². The van der Waals surface area contributed by atoms with Crippen LogP contribution >= 0.6 is 0 Å². The second-order valence-corrected chi connectivity index (χ2v) is 9.26. The number of piperidine rings is 1. The molecule has 3 atom stereocenters. The summed E-state index contributed by atoms with van der Waals surface area (Å²) in [6.07, 6.45) is 3.53. The molecule has 2 N–H and O–H groups in total. The van der Waals surface area contributed by atoms with Gasteiger partial charge in [0.1, 0.15) is 11.7 Å². The predicted molar refractivity (Wildman–Crippen MR) is 115 cm³/mol. The Morgan fingerprint density at radius 1 is 1.20 bits per heavy atom. The van der Waals surface area contributed by atoms with Gasteiger partial charge in [0.05, 0.1) is 5.56 Å². The zero-order chi connectivity index (χ0) is 21.5. The van der Waals surface area contributed by atoms with Crippen molar-refractivity contribution in [1.29, 1.82) is 0 Å². The molecule has 2 saturated heterocycles. The van der Waals surface area contributed by atoms with E-state index < -0.39 is 11.7 Å². The van der Waals surface area contributed by atoms with E-state index in [9.17, 15) is 14.4 Å². The van der Waals surface area contributed by atoms with Crippen molar-refractivity contribution >= 4 is 23.4 Å². The van der Waals surface area contributed by atoms with Crippen molar-refractivity contribution in [3.05, 3.63) is 29.3 Å². The molecular weight excluding hydrogens is 380 g/mol. The van der Waals surface area contributed by atoms with Crippen LogP contribution in [-0.4, -0.2) is 58.9 Å². The van der Waals surface area contributed by atoms with Crippen LogP contribution in [0.4, 0.5) is 5.69 Å². The fourth-order valence-corrected chi connectivity index (χ4v) is 5.00. The number of carbonyl (C=O) groups excluding carboxylic acids is 3. The molecule has 1 aromatic carbocycles. The predicted octanol–water partition coefficient (Wildman–Crippen LogP) is 2.51. The number of likely N-dealkylation sites (tertiary alicyclic amines) is 2. The summed E-state index contributed by atoms with van der Waals surface area (Å²) in [6, 6.07) is 5.25. The third-order valence-electron chi connectivity index (χ3n) is 6.81. The summed E-state index contributed by atoms with van der Waals surface area (Å²) < 4.78 is 0. The number of hydrogen-bond donors (Lipinski definition) is 2. The minimum Gasteiger partial charge on any atom is -0.362 e. The Bertz CT molecular complexity index is 870. The van der Waals surface area contributed by atoms with Crippen LogP contribution in [0.3, 0.4) is 0 Å². The minimum absolute atomic E-state index is 0.0242. The van der Waals surface area contributed by atoms with E-state index >= 15 is 0 Å². The molecule has 0 aromatic heterocycles. The Morgan fingerprint density at radius 2 is 2.00 bits per heavy atom. The molecule has 3 aliphatic rings. The smallest absolute Gasteiger partial charge is 0.255 e. The number of rotatable bonds is 2. The quantitative estimate of drug-likeness (QED) is 0.782. The first-order valence-electron chi connectivity index (χ1n) is 11.1. The van der Waals surface area contributed by atoms with Crippen LogP contribution in [0.15, 0.2) is 18.2 Å². The fraction of sp³-hybridized carbons (Fsp3) is 0.609. The molecule has 4 rings (SSSR count). The third kappa shape index (κ3) is 3.89. The third-order valence-corrected chi connectivity index (χ3v) is 6.81. The van der Waals surface area contributed by atoms with Gasteiger partial charge in [-0.15, -0.1) is 0 Å². The Kier molecular flexibility index (Phi) is 5.47. The van der Waals surface area contributed by atoms with E-state index in [2.05, 4.69) is 17.6 Å². The molecule has 1 spiro atoms. The molecule has 162 valence electrons. The summed E-state index contributed by atoms with van der Waals surface area (Å²) >= 11 is 0. The number of fused-ring (bicyclic) bond motifs is 1. The molecule has 0 aliphatic carbocycles. The molecule has 1 aromatic rings. The monoisotopic (exact) mass is 412 g/mol. The number of nitrogens with one attached hydrogen (secondary N) is 2. The lowest BCUT2D eigenvalue weighted by Crippen LogP contribution is -2.58. The largest absolute Gasteiger partial charge is 0.362 e. The molecule has 3 amide bonds. The van der Waals surface area contributed by atoms with Crippen molar-refractivity contribution in [2.24, 2.45) is 5.92 Å². The summed E-state index contributed by atoms with van der Waals surface area (Å²) in [5.41, 5.74) is 1.85. The topological polar surface area (TPSA) is 81.8 Å². The number of aryl methyl sites for hydroxylation is 1. The van der Waals surface area contributed by atoms with Crippen LogP contribution in [-0.2, 0) is 9.59 Å². The molecule has 30 heavy (non-hydrogen) atoms. The molecule has 3 heterocycles. The van der Waals surface area contributed by atoms with Crippen molar-refractivity contribution in [3.63, 3.8) is 0 Å². The maximum Gasteiger partial charge on any atom is 0.255 e. The maximum absolute atomic E-state index is 13.1. The Labute approximate surface area is 178 Å². The molecule has 7 nitrogen and oxygen atoms in total. The highest BCUT2D eigenvalue weighted by Crippen LogP contribution is 2.33. The van der Waals surface area contributed by atoms with Gasteiger partial charge >= 0.3 is 0 Å². The second-order valence-electron chi connectivity index (χ2n) is 9.26. The van der Waals surface area contributed by atoms with E-state index in [4.69, 9.17) is 0 Å². The van der Waals surface area contributed by atoms with E-state index in [1.807, 2.05) is 36.9 Å². The van der Waals surface area contributed by atoms with E-state index in [0.29, 0.717) is 37.3 Å². The highest BCUT2D eigenvalue weighted by molar-refractivity contribution is 6.02. The average molecular weight is 413 g/mol. The van der Waals surface area contributed by atoms with Crippen LogP contribution in [0.25, 0.3) is 0 Å². The highest BCUT2D eigenvalue weighted by Gasteiger charge is 2.42. The number of benzene rings is 1. The van der Waals surface area contributed by atoms with E-state index in [1.54, 1.807) is 4.90 Å². The molecule has 0 unspecified atom stereocenters. The van der Waals surface area contributed by atoms with Crippen LogP contribution in [0, 0.1) is 12.8 Å². The summed E-state index contributed by atoms with van der Waals surface area (Å²) in [4.78, 5) is 42.3. The van der Waals surface area contributed by atoms with Gasteiger partial charge in [-0.3, -0.25) is 14.4 Å². The van der Waals surface area contributed by atoms with E-state index in [-0.39, 0.29) is 17.7 Å². The van der Waals surface area contributed by atoms with Crippen molar-refractivity contribution in [1.82, 2.24) is 15.1 Å². The SMILES string of the molecule is Cc1ccc2c(c1)N[C@]1(CCC(=O)N([C@@H](C)C(=O)N3CCC[C@@H](C)C3)CC1)NC2=O. The molecule has 0 bridgehead atoms. The summed E-state index contributed by atoms with van der Waals surface area (Å²) in [5.74, 6) is 0.399. The minimum atomic E-state index is -0.662. The molecule has 0 saturated carbocycles. The van der Waals surface area contributed by atoms with Gasteiger partial charge in [0.2, 0.25) is 11.8 Å². The van der Waals surface area contributed by atoms with E-state index in [1.165, 1.54) is 0 Å². The zero-order valence-corrected chi connectivity index (χ0v) is 18.2. The zero-order valence-electron chi connectivity index (χ0n) is 18.2. The first-order valence-corrected chi connectivity index (χ1v) is 11.1. The molecule has 7 heteroatoms. The molecule has 3 aliphatic heterocycles. The van der Waals surface area contributed by atoms with Crippen LogP contribution in [0.1, 0.15) is 61.9 Å². The number of hydrogen-bond acceptors (Lipinski definition) is 4.